The number of furan rings is 1. The summed E-state index contributed by atoms with van der Waals surface area (Å²) in [5.74, 6) is 1.59. The molecule has 0 spiro atoms. The van der Waals surface area contributed by atoms with E-state index in [-0.39, 0.29) is 17.6 Å². The Balaban J connectivity index is 1.64. The van der Waals surface area contributed by atoms with Gasteiger partial charge in [-0.2, -0.15) is 0 Å². The number of methoxy groups -OCH3 is 2. The fraction of sp³-hybridized carbons (Fsp3) is 0.259. The van der Waals surface area contributed by atoms with Crippen molar-refractivity contribution in [3.63, 3.8) is 0 Å². The van der Waals surface area contributed by atoms with E-state index < -0.39 is 6.04 Å². The van der Waals surface area contributed by atoms with E-state index in [2.05, 4.69) is 5.32 Å². The highest BCUT2D eigenvalue weighted by Gasteiger charge is 2.42. The second-order valence-electron chi connectivity index (χ2n) is 8.48. The number of allylic oxidation sites excluding steroid dienone is 1. The van der Waals surface area contributed by atoms with Gasteiger partial charge >= 0.3 is 0 Å². The number of carbonyl (C=O) groups is 2. The summed E-state index contributed by atoms with van der Waals surface area (Å²) >= 11 is 0. The molecule has 34 heavy (non-hydrogen) atoms. The highest BCUT2D eigenvalue weighted by molar-refractivity contribution is 6.05. The summed E-state index contributed by atoms with van der Waals surface area (Å²) in [6.45, 7) is 1.51. The summed E-state index contributed by atoms with van der Waals surface area (Å²) in [6.07, 6.45) is 2.49. The van der Waals surface area contributed by atoms with Crippen LogP contribution in [0.1, 0.15) is 43.0 Å². The van der Waals surface area contributed by atoms with Crippen LogP contribution in [0.25, 0.3) is 0 Å². The molecule has 7 nitrogen and oxygen atoms in total. The van der Waals surface area contributed by atoms with Crippen LogP contribution in [0, 0.1) is 0 Å². The molecule has 2 aromatic carbocycles. The van der Waals surface area contributed by atoms with Crippen molar-refractivity contribution in [2.75, 3.05) is 24.4 Å². The lowest BCUT2D eigenvalue weighted by molar-refractivity contribution is -0.117. The van der Waals surface area contributed by atoms with Gasteiger partial charge in [0.25, 0.3) is 0 Å². The summed E-state index contributed by atoms with van der Waals surface area (Å²) in [4.78, 5) is 28.3. The van der Waals surface area contributed by atoms with E-state index in [1.165, 1.54) is 6.92 Å². The zero-order valence-corrected chi connectivity index (χ0v) is 19.3. The van der Waals surface area contributed by atoms with E-state index in [4.69, 9.17) is 13.9 Å². The zero-order valence-electron chi connectivity index (χ0n) is 19.3. The van der Waals surface area contributed by atoms with Crippen molar-refractivity contribution in [3.8, 4) is 11.5 Å². The Bertz CT molecular complexity index is 1280. The van der Waals surface area contributed by atoms with Crippen LogP contribution >= 0.6 is 0 Å². The Hall–Kier alpha value is -4.00. The number of benzene rings is 2. The normalized spacial score (nSPS) is 19.6. The van der Waals surface area contributed by atoms with Crippen LogP contribution in [0.4, 0.5) is 11.4 Å². The fourth-order valence-corrected chi connectivity index (χ4v) is 5.00. The molecule has 3 aromatic rings. The molecular formula is C27H26N2O5. The lowest BCUT2D eigenvalue weighted by Crippen LogP contribution is -2.37. The van der Waals surface area contributed by atoms with Crippen LogP contribution in [0.5, 0.6) is 11.5 Å². The van der Waals surface area contributed by atoms with Crippen molar-refractivity contribution in [2.24, 2.45) is 0 Å². The van der Waals surface area contributed by atoms with Crippen molar-refractivity contribution in [1.29, 1.82) is 0 Å². The Morgan fingerprint density at radius 1 is 1.03 bits per heavy atom. The van der Waals surface area contributed by atoms with Gasteiger partial charge in [-0.15, -0.1) is 0 Å². The maximum Gasteiger partial charge on any atom is 0.224 e. The van der Waals surface area contributed by atoms with Gasteiger partial charge < -0.3 is 19.2 Å². The molecule has 0 saturated carbocycles. The monoisotopic (exact) mass is 458 g/mol. The maximum absolute atomic E-state index is 13.7. The first kappa shape index (κ1) is 21.8. The number of carbonyl (C=O) groups excluding carboxylic acids is 2. The number of ketones is 1. The standard InChI is InChI=1S/C27H26N2O5/c1-16(30)29-21-8-5-4-7-19(21)28-20-13-18(17-10-11-23(32-2)25(15-17)33-3)14-22(31)26(20)27(29)24-9-6-12-34-24/h4-12,15,18,27-28H,13-14H2,1-3H3/t18-,27+/m0/s1. The fourth-order valence-electron chi connectivity index (χ4n) is 5.00. The molecule has 0 unspecified atom stereocenters. The number of anilines is 2. The number of amides is 1. The van der Waals surface area contributed by atoms with Gasteiger partial charge in [0, 0.05) is 24.6 Å². The van der Waals surface area contributed by atoms with Gasteiger partial charge in [0.1, 0.15) is 11.8 Å². The second kappa shape index (κ2) is 8.74. The first-order valence-corrected chi connectivity index (χ1v) is 11.2. The van der Waals surface area contributed by atoms with Crippen molar-refractivity contribution < 1.29 is 23.5 Å². The molecule has 2 aliphatic rings. The molecule has 1 aliphatic carbocycles. The van der Waals surface area contributed by atoms with E-state index in [0.29, 0.717) is 41.4 Å². The second-order valence-corrected chi connectivity index (χ2v) is 8.48. The molecule has 5 rings (SSSR count). The number of fused-ring (bicyclic) bond motifs is 1. The van der Waals surface area contributed by atoms with Crippen LogP contribution in [-0.2, 0) is 9.59 Å². The third-order valence-electron chi connectivity index (χ3n) is 6.52. The van der Waals surface area contributed by atoms with Crippen LogP contribution in [-0.4, -0.2) is 25.9 Å². The highest BCUT2D eigenvalue weighted by Crippen LogP contribution is 2.48. The first-order chi connectivity index (χ1) is 16.5. The van der Waals surface area contributed by atoms with Gasteiger partial charge in [0.05, 0.1) is 31.9 Å². The van der Waals surface area contributed by atoms with Crippen molar-refractivity contribution in [1.82, 2.24) is 0 Å². The predicted molar refractivity (Wildman–Crippen MR) is 128 cm³/mol. The summed E-state index contributed by atoms with van der Waals surface area (Å²) in [7, 11) is 3.20. The zero-order chi connectivity index (χ0) is 23.8. The molecule has 0 radical (unpaired) electrons. The molecule has 0 fully saturated rings. The summed E-state index contributed by atoms with van der Waals surface area (Å²) in [6, 6.07) is 16.3. The average Bonchev–Trinajstić information content (AvgIpc) is 3.32. The predicted octanol–water partition coefficient (Wildman–Crippen LogP) is 5.22. The van der Waals surface area contributed by atoms with Gasteiger partial charge in [-0.1, -0.05) is 18.2 Å². The van der Waals surface area contributed by atoms with Gasteiger partial charge in [0.15, 0.2) is 17.3 Å². The minimum atomic E-state index is -0.641. The molecule has 0 saturated heterocycles. The number of Topliss-reactive ketones (excluding diaryl/α,β-unsaturated/α-hetero) is 1. The average molecular weight is 459 g/mol. The molecule has 2 heterocycles. The van der Waals surface area contributed by atoms with Crippen molar-refractivity contribution >= 4 is 23.1 Å². The van der Waals surface area contributed by atoms with Crippen molar-refractivity contribution in [3.05, 3.63) is 83.5 Å². The Kier molecular flexibility index (Phi) is 5.61. The smallest absolute Gasteiger partial charge is 0.224 e. The lowest BCUT2D eigenvalue weighted by atomic mass is 9.79. The summed E-state index contributed by atoms with van der Waals surface area (Å²) < 4.78 is 16.6. The highest BCUT2D eigenvalue weighted by atomic mass is 16.5. The van der Waals surface area contributed by atoms with Gasteiger partial charge in [-0.3, -0.25) is 14.5 Å². The van der Waals surface area contributed by atoms with E-state index in [9.17, 15) is 9.59 Å². The third-order valence-corrected chi connectivity index (χ3v) is 6.52. The third kappa shape index (κ3) is 3.63. The topological polar surface area (TPSA) is 81.0 Å². The minimum Gasteiger partial charge on any atom is -0.493 e. The largest absolute Gasteiger partial charge is 0.493 e. The minimum absolute atomic E-state index is 0.0195. The van der Waals surface area contributed by atoms with Crippen molar-refractivity contribution in [2.45, 2.75) is 31.7 Å². The Labute approximate surface area is 198 Å². The lowest BCUT2D eigenvalue weighted by Gasteiger charge is -2.33. The Morgan fingerprint density at radius 3 is 2.53 bits per heavy atom. The van der Waals surface area contributed by atoms with E-state index in [0.717, 1.165) is 16.9 Å². The van der Waals surface area contributed by atoms with Gasteiger partial charge in [-0.05, 0) is 54.3 Å². The number of hydrogen-bond donors (Lipinski definition) is 1. The van der Waals surface area contributed by atoms with Gasteiger partial charge in [-0.25, -0.2) is 0 Å². The van der Waals surface area contributed by atoms with E-state index >= 15 is 0 Å². The molecule has 1 aliphatic heterocycles. The van der Waals surface area contributed by atoms with Gasteiger partial charge in [0.2, 0.25) is 5.91 Å². The SMILES string of the molecule is COc1ccc([C@@H]2CC(=O)C3=C(C2)Nc2ccccc2N(C(C)=O)[C@@H]3c2ccco2)cc1OC. The van der Waals surface area contributed by atoms with Crippen LogP contribution < -0.4 is 19.7 Å². The van der Waals surface area contributed by atoms with Crippen LogP contribution in [0.2, 0.25) is 0 Å². The molecular weight excluding hydrogens is 432 g/mol. The number of ether oxygens (including phenoxy) is 2. The molecule has 1 amide bonds. The number of rotatable bonds is 4. The first-order valence-electron chi connectivity index (χ1n) is 11.2. The molecule has 2 atom stereocenters. The maximum atomic E-state index is 13.7. The summed E-state index contributed by atoms with van der Waals surface area (Å²) in [5, 5.41) is 3.49. The number of nitrogens with one attached hydrogen (secondary N) is 1. The van der Waals surface area contributed by atoms with Crippen LogP contribution in [0.3, 0.4) is 0 Å². The van der Waals surface area contributed by atoms with E-state index in [1.54, 1.807) is 31.4 Å². The number of nitrogens with zero attached hydrogens (tertiary/aromatic N) is 1. The Morgan fingerprint density at radius 2 is 1.82 bits per heavy atom. The molecule has 1 aromatic heterocycles. The molecule has 0 bridgehead atoms. The van der Waals surface area contributed by atoms with E-state index in [1.807, 2.05) is 48.5 Å². The molecule has 7 heteroatoms. The number of para-hydroxylation sites is 2. The van der Waals surface area contributed by atoms with Crippen LogP contribution in [0.15, 0.2) is 76.5 Å². The quantitative estimate of drug-likeness (QED) is 0.578. The molecule has 1 N–H and O–H groups in total. The number of hydrogen-bond acceptors (Lipinski definition) is 6. The molecule has 174 valence electrons. The summed E-state index contributed by atoms with van der Waals surface area (Å²) in [5.41, 5.74) is 3.85.